The molecule has 0 saturated carbocycles. The van der Waals surface area contributed by atoms with Gasteiger partial charge in [-0.1, -0.05) is 67.8 Å². The quantitative estimate of drug-likeness (QED) is 0.478. The van der Waals surface area contributed by atoms with Crippen LogP contribution in [0.4, 0.5) is 0 Å². The van der Waals surface area contributed by atoms with Crippen LogP contribution in [-0.2, 0) is 0 Å². The fraction of sp³-hybridized carbons (Fsp3) is 0.375. The minimum absolute atomic E-state index is 0.543. The summed E-state index contributed by atoms with van der Waals surface area (Å²) in [5, 5.41) is 0. The van der Waals surface area contributed by atoms with Crippen LogP contribution in [0.15, 0.2) is 54.8 Å². The predicted octanol–water partition coefficient (Wildman–Crippen LogP) is 5.17. The molecule has 0 fully saturated rings. The molecule has 0 nitrogen and oxygen atoms in total. The second kappa shape index (κ2) is 6.60. The van der Waals surface area contributed by atoms with Gasteiger partial charge in [0.05, 0.1) is 8.07 Å². The van der Waals surface area contributed by atoms with Gasteiger partial charge in [-0.15, -0.1) is 6.58 Å². The van der Waals surface area contributed by atoms with Gasteiger partial charge < -0.3 is 0 Å². The van der Waals surface area contributed by atoms with Crippen LogP contribution in [-0.4, -0.2) is 8.07 Å². The van der Waals surface area contributed by atoms with Crippen LogP contribution >= 0.6 is 0 Å². The average molecular weight is 244 g/mol. The summed E-state index contributed by atoms with van der Waals surface area (Å²) in [5.74, 6) is 0.543. The monoisotopic (exact) mass is 244 g/mol. The predicted molar refractivity (Wildman–Crippen MR) is 81.1 cm³/mol. The second-order valence-corrected chi connectivity index (χ2v) is 10.7. The van der Waals surface area contributed by atoms with Crippen molar-refractivity contribution in [3.8, 4) is 0 Å². The van der Waals surface area contributed by atoms with Crippen LogP contribution in [0.1, 0.15) is 24.3 Å². The lowest BCUT2D eigenvalue weighted by atomic mass is 9.94. The summed E-state index contributed by atoms with van der Waals surface area (Å²) in [7, 11) is -1.10. The Labute approximate surface area is 107 Å². The number of benzene rings is 1. The molecule has 0 aliphatic heterocycles. The van der Waals surface area contributed by atoms with Crippen LogP contribution in [0.3, 0.4) is 0 Å². The molecule has 0 aromatic heterocycles. The molecule has 92 valence electrons. The third kappa shape index (κ3) is 5.69. The lowest BCUT2D eigenvalue weighted by molar-refractivity contribution is 0.752. The first-order valence-corrected chi connectivity index (χ1v) is 9.96. The second-order valence-electron chi connectivity index (χ2n) is 5.61. The molecule has 0 saturated heterocycles. The minimum Gasteiger partial charge on any atom is -0.103 e. The molecule has 0 amide bonds. The van der Waals surface area contributed by atoms with Crippen LogP contribution in [0.25, 0.3) is 0 Å². The zero-order valence-electron chi connectivity index (χ0n) is 11.3. The van der Waals surface area contributed by atoms with Crippen molar-refractivity contribution in [3.63, 3.8) is 0 Å². The van der Waals surface area contributed by atoms with Crippen molar-refractivity contribution in [2.75, 3.05) is 0 Å². The van der Waals surface area contributed by atoms with E-state index in [0.29, 0.717) is 5.92 Å². The fourth-order valence-electron chi connectivity index (χ4n) is 1.78. The largest absolute Gasteiger partial charge is 0.103 e. The van der Waals surface area contributed by atoms with E-state index in [1.54, 1.807) is 0 Å². The van der Waals surface area contributed by atoms with Crippen LogP contribution < -0.4 is 0 Å². The maximum atomic E-state index is 3.82. The van der Waals surface area contributed by atoms with Crippen molar-refractivity contribution >= 4 is 8.07 Å². The maximum absolute atomic E-state index is 3.82. The molecule has 1 aromatic carbocycles. The fourth-order valence-corrected chi connectivity index (χ4v) is 2.59. The Morgan fingerprint density at radius 3 is 2.35 bits per heavy atom. The Bertz CT molecular complexity index is 357. The molecule has 1 unspecified atom stereocenters. The van der Waals surface area contributed by atoms with Crippen LogP contribution in [0.5, 0.6) is 0 Å². The summed E-state index contributed by atoms with van der Waals surface area (Å²) in [6.07, 6.45) is 6.66. The van der Waals surface area contributed by atoms with E-state index < -0.39 is 8.07 Å². The standard InChI is InChI=1S/C16H24Si/c1-5-6-10-16(13-14-17(2,3)4)15-11-8-7-9-12-15/h5,7-9,11-14,16H,1,6,10H2,2-4H3/b14-13-. The summed E-state index contributed by atoms with van der Waals surface area (Å²) in [4.78, 5) is 0. The van der Waals surface area contributed by atoms with Gasteiger partial charge in [0, 0.05) is 5.92 Å². The van der Waals surface area contributed by atoms with Gasteiger partial charge in [0.1, 0.15) is 0 Å². The van der Waals surface area contributed by atoms with Crippen molar-refractivity contribution in [2.24, 2.45) is 0 Å². The highest BCUT2D eigenvalue weighted by Crippen LogP contribution is 2.23. The van der Waals surface area contributed by atoms with Gasteiger partial charge in [0.25, 0.3) is 0 Å². The van der Waals surface area contributed by atoms with Crippen molar-refractivity contribution in [1.29, 1.82) is 0 Å². The van der Waals surface area contributed by atoms with Crippen molar-refractivity contribution < 1.29 is 0 Å². The van der Waals surface area contributed by atoms with E-state index >= 15 is 0 Å². The summed E-state index contributed by atoms with van der Waals surface area (Å²) in [5.41, 5.74) is 3.87. The molecule has 0 radical (unpaired) electrons. The Hall–Kier alpha value is -1.08. The third-order valence-electron chi connectivity index (χ3n) is 2.74. The molecule has 1 aromatic rings. The highest BCUT2D eigenvalue weighted by Gasteiger charge is 2.11. The van der Waals surface area contributed by atoms with Gasteiger partial charge in [-0.2, -0.15) is 0 Å². The first-order valence-electron chi connectivity index (χ1n) is 6.38. The highest BCUT2D eigenvalue weighted by atomic mass is 28.3. The molecule has 1 heteroatoms. The van der Waals surface area contributed by atoms with Gasteiger partial charge in [-0.25, -0.2) is 0 Å². The summed E-state index contributed by atoms with van der Waals surface area (Å²) in [6.45, 7) is 10.9. The van der Waals surface area contributed by atoms with Crippen molar-refractivity contribution in [1.82, 2.24) is 0 Å². The minimum atomic E-state index is -1.10. The van der Waals surface area contributed by atoms with E-state index in [1.807, 2.05) is 6.08 Å². The van der Waals surface area contributed by atoms with E-state index in [9.17, 15) is 0 Å². The molecule has 17 heavy (non-hydrogen) atoms. The van der Waals surface area contributed by atoms with Gasteiger partial charge >= 0.3 is 0 Å². The highest BCUT2D eigenvalue weighted by molar-refractivity contribution is 6.80. The number of rotatable bonds is 6. The molecule has 0 spiro atoms. The molecule has 1 atom stereocenters. The van der Waals surface area contributed by atoms with E-state index in [-0.39, 0.29) is 0 Å². The van der Waals surface area contributed by atoms with E-state index in [1.165, 1.54) is 5.56 Å². The Morgan fingerprint density at radius 1 is 1.18 bits per heavy atom. The van der Waals surface area contributed by atoms with Crippen LogP contribution in [0.2, 0.25) is 19.6 Å². The van der Waals surface area contributed by atoms with Gasteiger partial charge in [0.15, 0.2) is 0 Å². The smallest absolute Gasteiger partial charge is 0.0683 e. The molecule has 0 N–H and O–H groups in total. The molecule has 0 heterocycles. The molecular formula is C16H24Si. The zero-order chi connectivity index (χ0) is 12.7. The van der Waals surface area contributed by atoms with Crippen molar-refractivity contribution in [3.05, 3.63) is 60.3 Å². The molecule has 0 aliphatic carbocycles. The van der Waals surface area contributed by atoms with Gasteiger partial charge in [0.2, 0.25) is 0 Å². The summed E-state index contributed by atoms with van der Waals surface area (Å²) in [6, 6.07) is 10.8. The molecule has 1 rings (SSSR count). The van der Waals surface area contributed by atoms with E-state index in [4.69, 9.17) is 0 Å². The van der Waals surface area contributed by atoms with Crippen molar-refractivity contribution in [2.45, 2.75) is 38.4 Å². The van der Waals surface area contributed by atoms with E-state index in [0.717, 1.165) is 12.8 Å². The summed E-state index contributed by atoms with van der Waals surface area (Å²) < 4.78 is 0. The Kier molecular flexibility index (Phi) is 5.43. The number of allylic oxidation sites excluding steroid dienone is 2. The van der Waals surface area contributed by atoms with E-state index in [2.05, 4.69) is 68.3 Å². The maximum Gasteiger partial charge on any atom is 0.0683 e. The normalized spacial score (nSPS) is 13.8. The average Bonchev–Trinajstić information content (AvgIpc) is 2.29. The Balaban J connectivity index is 2.81. The van der Waals surface area contributed by atoms with Gasteiger partial charge in [-0.05, 0) is 18.4 Å². The Morgan fingerprint density at radius 2 is 1.82 bits per heavy atom. The molecule has 0 aliphatic rings. The molecule has 0 bridgehead atoms. The lowest BCUT2D eigenvalue weighted by Crippen LogP contribution is -2.16. The SMILES string of the molecule is C=CCCC(/C=C\[Si](C)(C)C)c1ccccc1. The first kappa shape index (κ1) is 14.0. The zero-order valence-corrected chi connectivity index (χ0v) is 12.3. The lowest BCUT2D eigenvalue weighted by Gasteiger charge is -2.15. The van der Waals surface area contributed by atoms with Crippen LogP contribution in [0, 0.1) is 0 Å². The third-order valence-corrected chi connectivity index (χ3v) is 3.93. The number of hydrogen-bond acceptors (Lipinski definition) is 0. The molecular weight excluding hydrogens is 220 g/mol. The summed E-state index contributed by atoms with van der Waals surface area (Å²) >= 11 is 0. The first-order chi connectivity index (χ1) is 8.03. The van der Waals surface area contributed by atoms with Gasteiger partial charge in [-0.3, -0.25) is 0 Å². The topological polar surface area (TPSA) is 0 Å². The number of hydrogen-bond donors (Lipinski definition) is 0.